The molecule has 2 atom stereocenters. The fraction of sp³-hybridized carbons (Fsp3) is 0.348. The second kappa shape index (κ2) is 9.43. The van der Waals surface area contributed by atoms with Crippen LogP contribution in [-0.4, -0.2) is 48.0 Å². The molecule has 1 aliphatic rings. The Morgan fingerprint density at radius 3 is 2.17 bits per heavy atom. The van der Waals surface area contributed by atoms with Crippen LogP contribution in [0.5, 0.6) is 0 Å². The molecule has 0 aromatic heterocycles. The van der Waals surface area contributed by atoms with Crippen LogP contribution in [-0.2, 0) is 27.4 Å². The number of benzene rings is 2. The number of carbonyl (C=O) groups excluding carboxylic acids is 3. The van der Waals surface area contributed by atoms with E-state index in [9.17, 15) is 14.4 Å². The molecule has 2 aromatic rings. The highest BCUT2D eigenvalue weighted by Gasteiger charge is 2.54. The van der Waals surface area contributed by atoms with Crippen molar-refractivity contribution in [1.82, 2.24) is 15.5 Å². The summed E-state index contributed by atoms with van der Waals surface area (Å²) in [7, 11) is 1.52. The van der Waals surface area contributed by atoms with Crippen molar-refractivity contribution < 1.29 is 19.1 Å². The van der Waals surface area contributed by atoms with Gasteiger partial charge in [-0.05, 0) is 24.5 Å². The highest BCUT2D eigenvalue weighted by molar-refractivity contribution is 5.95. The van der Waals surface area contributed by atoms with E-state index in [2.05, 4.69) is 10.6 Å². The fourth-order valence-corrected chi connectivity index (χ4v) is 3.60. The van der Waals surface area contributed by atoms with E-state index in [1.54, 1.807) is 6.92 Å². The van der Waals surface area contributed by atoms with Crippen molar-refractivity contribution in [3.8, 4) is 0 Å². The maximum Gasteiger partial charge on any atom is 0.411 e. The molecule has 1 aliphatic heterocycles. The second-order valence-electron chi connectivity index (χ2n) is 7.45. The van der Waals surface area contributed by atoms with Crippen molar-refractivity contribution in [2.75, 3.05) is 13.6 Å². The van der Waals surface area contributed by atoms with E-state index >= 15 is 0 Å². The first-order chi connectivity index (χ1) is 14.5. The van der Waals surface area contributed by atoms with Crippen LogP contribution in [0.3, 0.4) is 0 Å². The molecule has 7 nitrogen and oxygen atoms in total. The Bertz CT molecular complexity index is 888. The van der Waals surface area contributed by atoms with E-state index in [1.807, 2.05) is 60.7 Å². The minimum atomic E-state index is -1.09. The fourth-order valence-electron chi connectivity index (χ4n) is 3.60. The Labute approximate surface area is 176 Å². The predicted octanol–water partition coefficient (Wildman–Crippen LogP) is 2.26. The largest absolute Gasteiger partial charge is 0.445 e. The van der Waals surface area contributed by atoms with Gasteiger partial charge in [-0.1, -0.05) is 60.7 Å². The zero-order valence-corrected chi connectivity index (χ0v) is 17.3. The van der Waals surface area contributed by atoms with E-state index < -0.39 is 17.7 Å². The molecule has 0 saturated carbocycles. The maximum atomic E-state index is 13.2. The summed E-state index contributed by atoms with van der Waals surface area (Å²) in [4.78, 5) is 39.4. The molecule has 2 aromatic carbocycles. The highest BCUT2D eigenvalue weighted by atomic mass is 16.6. The summed E-state index contributed by atoms with van der Waals surface area (Å²) < 4.78 is 5.48. The first-order valence-corrected chi connectivity index (χ1v) is 10.0. The van der Waals surface area contributed by atoms with E-state index in [0.717, 1.165) is 11.1 Å². The number of hydrogen-bond donors (Lipinski definition) is 2. The van der Waals surface area contributed by atoms with Crippen LogP contribution in [0.4, 0.5) is 4.79 Å². The lowest BCUT2D eigenvalue weighted by Gasteiger charge is -2.50. The van der Waals surface area contributed by atoms with Gasteiger partial charge in [0.15, 0.2) is 0 Å². The Morgan fingerprint density at radius 1 is 1.03 bits per heavy atom. The molecule has 0 spiro atoms. The molecule has 0 aliphatic carbocycles. The Kier molecular flexibility index (Phi) is 6.72. The predicted molar refractivity (Wildman–Crippen MR) is 112 cm³/mol. The minimum Gasteiger partial charge on any atom is -0.445 e. The van der Waals surface area contributed by atoms with Crippen molar-refractivity contribution in [1.29, 1.82) is 0 Å². The second-order valence-corrected chi connectivity index (χ2v) is 7.45. The number of ether oxygens (including phenoxy) is 1. The molecule has 3 rings (SSSR count). The van der Waals surface area contributed by atoms with Gasteiger partial charge >= 0.3 is 6.09 Å². The Morgan fingerprint density at radius 2 is 1.63 bits per heavy atom. The van der Waals surface area contributed by atoms with Gasteiger partial charge < -0.3 is 15.4 Å². The maximum absolute atomic E-state index is 13.2. The van der Waals surface area contributed by atoms with Gasteiger partial charge in [-0.25, -0.2) is 4.79 Å². The summed E-state index contributed by atoms with van der Waals surface area (Å²) in [6.07, 6.45) is 0.304. The van der Waals surface area contributed by atoms with Crippen LogP contribution in [0.15, 0.2) is 60.7 Å². The zero-order chi connectivity index (χ0) is 21.6. The van der Waals surface area contributed by atoms with Gasteiger partial charge in [-0.3, -0.25) is 14.5 Å². The van der Waals surface area contributed by atoms with Crippen molar-refractivity contribution >= 4 is 17.9 Å². The Balaban J connectivity index is 1.77. The van der Waals surface area contributed by atoms with E-state index in [0.29, 0.717) is 19.4 Å². The lowest BCUT2D eigenvalue weighted by molar-refractivity contribution is -0.143. The van der Waals surface area contributed by atoms with Gasteiger partial charge in [0.05, 0.1) is 0 Å². The van der Waals surface area contributed by atoms with Crippen molar-refractivity contribution in [2.24, 2.45) is 0 Å². The molecular weight excluding hydrogens is 382 g/mol. The summed E-state index contributed by atoms with van der Waals surface area (Å²) in [6.45, 7) is 2.17. The quantitative estimate of drug-likeness (QED) is 0.734. The standard InChI is InChI=1S/C23H27N3O4/c1-17(20(27)24-2)25-21(28)23(15-18-9-5-3-6-10-18)13-14-26(23)22(29)30-16-19-11-7-4-8-12-19/h3-12,17H,13-16H2,1-2H3,(H,24,27)(H,25,28)/t17-,23?/m1/s1. The summed E-state index contributed by atoms with van der Waals surface area (Å²) >= 11 is 0. The van der Waals surface area contributed by atoms with Crippen LogP contribution in [0, 0.1) is 0 Å². The molecule has 158 valence electrons. The van der Waals surface area contributed by atoms with Crippen LogP contribution in [0.25, 0.3) is 0 Å². The number of likely N-dealkylation sites (tertiary alicyclic amines) is 1. The Hall–Kier alpha value is -3.35. The average Bonchev–Trinajstić information content (AvgIpc) is 2.75. The monoisotopic (exact) mass is 409 g/mol. The van der Waals surface area contributed by atoms with Gasteiger partial charge in [-0.2, -0.15) is 0 Å². The van der Waals surface area contributed by atoms with Crippen LogP contribution in [0.1, 0.15) is 24.5 Å². The number of carbonyl (C=O) groups is 3. The molecule has 30 heavy (non-hydrogen) atoms. The lowest BCUT2D eigenvalue weighted by Crippen LogP contribution is -2.71. The minimum absolute atomic E-state index is 0.133. The van der Waals surface area contributed by atoms with Crippen LogP contribution >= 0.6 is 0 Å². The topological polar surface area (TPSA) is 87.7 Å². The molecule has 0 bridgehead atoms. The molecule has 3 amide bonds. The summed E-state index contributed by atoms with van der Waals surface area (Å²) in [6, 6.07) is 18.2. The molecule has 2 N–H and O–H groups in total. The molecule has 0 radical (unpaired) electrons. The number of amides is 3. The summed E-state index contributed by atoms with van der Waals surface area (Å²) in [5.41, 5.74) is 0.718. The van der Waals surface area contributed by atoms with Crippen molar-refractivity contribution in [3.05, 3.63) is 71.8 Å². The first kappa shape index (κ1) is 21.4. The van der Waals surface area contributed by atoms with Gasteiger partial charge in [0.1, 0.15) is 18.2 Å². The van der Waals surface area contributed by atoms with Gasteiger partial charge in [-0.15, -0.1) is 0 Å². The van der Waals surface area contributed by atoms with Gasteiger partial charge in [0.2, 0.25) is 11.8 Å². The number of rotatable bonds is 7. The summed E-state index contributed by atoms with van der Waals surface area (Å²) in [5, 5.41) is 5.27. The van der Waals surface area contributed by atoms with E-state index in [-0.39, 0.29) is 18.4 Å². The van der Waals surface area contributed by atoms with Crippen LogP contribution < -0.4 is 10.6 Å². The number of nitrogens with one attached hydrogen (secondary N) is 2. The molecule has 1 saturated heterocycles. The van der Waals surface area contributed by atoms with E-state index in [4.69, 9.17) is 4.74 Å². The first-order valence-electron chi connectivity index (χ1n) is 10.0. The molecule has 1 unspecified atom stereocenters. The third-order valence-corrected chi connectivity index (χ3v) is 5.44. The average molecular weight is 409 g/mol. The molecule has 1 fully saturated rings. The van der Waals surface area contributed by atoms with Gasteiger partial charge in [0, 0.05) is 20.0 Å². The zero-order valence-electron chi connectivity index (χ0n) is 17.3. The molecular formula is C23H27N3O4. The third-order valence-electron chi connectivity index (χ3n) is 5.44. The smallest absolute Gasteiger partial charge is 0.411 e. The molecule has 1 heterocycles. The van der Waals surface area contributed by atoms with Gasteiger partial charge in [0.25, 0.3) is 0 Å². The normalized spacial score (nSPS) is 18.7. The SMILES string of the molecule is CNC(=O)[C@@H](C)NC(=O)C1(Cc2ccccc2)CCN1C(=O)OCc1ccccc1. The number of nitrogens with zero attached hydrogens (tertiary/aromatic N) is 1. The van der Waals surface area contributed by atoms with Crippen molar-refractivity contribution in [2.45, 2.75) is 38.0 Å². The molecule has 7 heteroatoms. The third kappa shape index (κ3) is 4.62. The van der Waals surface area contributed by atoms with Crippen molar-refractivity contribution in [3.63, 3.8) is 0 Å². The highest BCUT2D eigenvalue weighted by Crippen LogP contribution is 2.35. The lowest BCUT2D eigenvalue weighted by atomic mass is 9.78. The summed E-state index contributed by atoms with van der Waals surface area (Å²) in [5.74, 6) is -0.652. The number of hydrogen-bond acceptors (Lipinski definition) is 4. The van der Waals surface area contributed by atoms with E-state index in [1.165, 1.54) is 11.9 Å². The number of likely N-dealkylation sites (N-methyl/N-ethyl adjacent to an activating group) is 1. The van der Waals surface area contributed by atoms with Crippen LogP contribution in [0.2, 0.25) is 0 Å².